The number of nitrogens with zero attached hydrogens (tertiary/aromatic N) is 1. The van der Waals surface area contributed by atoms with Gasteiger partial charge in [0.05, 0.1) is 11.0 Å². The van der Waals surface area contributed by atoms with Gasteiger partial charge in [-0.05, 0) is 42.6 Å². The fourth-order valence-electron chi connectivity index (χ4n) is 3.02. The first-order valence-electron chi connectivity index (χ1n) is 7.16. The number of rotatable bonds is 3. The highest BCUT2D eigenvalue weighted by Gasteiger charge is 2.21. The van der Waals surface area contributed by atoms with E-state index >= 15 is 0 Å². The Bertz CT molecular complexity index is 865. The normalized spacial score (nSPS) is 15.0. The lowest BCUT2D eigenvalue weighted by Crippen LogP contribution is -2.32. The molecule has 0 saturated heterocycles. The average Bonchev–Trinajstić information content (AvgIpc) is 2.46. The fraction of sp³-hybridized carbons (Fsp3) is 0.400. The number of aliphatic carboxylic acids is 1. The van der Waals surface area contributed by atoms with Crippen LogP contribution in [-0.2, 0) is 24.2 Å². The van der Waals surface area contributed by atoms with Crippen LogP contribution in [0.1, 0.15) is 23.1 Å². The van der Waals surface area contributed by atoms with Gasteiger partial charge in [0.25, 0.3) is 0 Å². The topological polar surface area (TPSA) is 106 Å². The number of benzene rings is 1. The molecule has 0 aliphatic carbocycles. The van der Waals surface area contributed by atoms with E-state index in [1.165, 1.54) is 0 Å². The van der Waals surface area contributed by atoms with Crippen molar-refractivity contribution in [1.82, 2.24) is 14.9 Å². The van der Waals surface area contributed by atoms with Crippen molar-refractivity contribution in [2.75, 3.05) is 13.6 Å². The minimum Gasteiger partial charge on any atom is -0.481 e. The number of fused-ring (bicyclic) bond motifs is 3. The van der Waals surface area contributed by atoms with E-state index in [1.54, 1.807) is 6.07 Å². The van der Waals surface area contributed by atoms with E-state index in [9.17, 15) is 14.4 Å². The van der Waals surface area contributed by atoms with Gasteiger partial charge >= 0.3 is 17.1 Å². The van der Waals surface area contributed by atoms with E-state index in [1.807, 2.05) is 7.05 Å². The van der Waals surface area contributed by atoms with E-state index in [-0.39, 0.29) is 6.42 Å². The first kappa shape index (κ1) is 14.5. The maximum Gasteiger partial charge on any atom is 0.314 e. The molecule has 1 aromatic heterocycles. The van der Waals surface area contributed by atoms with Crippen molar-refractivity contribution in [1.29, 1.82) is 0 Å². The lowest BCUT2D eigenvalue weighted by Gasteiger charge is -2.28. The number of aryl methyl sites for hydroxylation is 1. The second-order valence-electron chi connectivity index (χ2n) is 5.71. The van der Waals surface area contributed by atoms with Crippen molar-refractivity contribution < 1.29 is 9.90 Å². The third-order valence-electron chi connectivity index (χ3n) is 4.11. The van der Waals surface area contributed by atoms with Crippen molar-refractivity contribution >= 4 is 17.0 Å². The smallest absolute Gasteiger partial charge is 0.314 e. The number of hydrogen-bond acceptors (Lipinski definition) is 4. The Morgan fingerprint density at radius 2 is 2.00 bits per heavy atom. The third kappa shape index (κ3) is 2.55. The number of carbonyl (C=O) groups is 1. The van der Waals surface area contributed by atoms with Gasteiger partial charge in [-0.1, -0.05) is 0 Å². The molecule has 0 saturated carbocycles. The molecule has 2 aromatic rings. The molecule has 7 heteroatoms. The monoisotopic (exact) mass is 303 g/mol. The molecule has 0 atom stereocenters. The number of aromatic nitrogens is 2. The van der Waals surface area contributed by atoms with Gasteiger partial charge in [0.15, 0.2) is 0 Å². The summed E-state index contributed by atoms with van der Waals surface area (Å²) in [5.41, 5.74) is 2.85. The molecule has 0 radical (unpaired) electrons. The Balaban J connectivity index is 2.23. The lowest BCUT2D eigenvalue weighted by atomic mass is 9.91. The summed E-state index contributed by atoms with van der Waals surface area (Å²) in [5, 5.41) is 8.91. The van der Waals surface area contributed by atoms with Crippen LogP contribution in [0.5, 0.6) is 0 Å². The number of carboxylic acid groups (broad SMARTS) is 1. The van der Waals surface area contributed by atoms with Crippen LogP contribution in [0.25, 0.3) is 11.0 Å². The van der Waals surface area contributed by atoms with Crippen molar-refractivity contribution in [3.05, 3.63) is 43.5 Å². The minimum atomic E-state index is -0.854. The highest BCUT2D eigenvalue weighted by atomic mass is 16.4. The molecule has 2 heterocycles. The van der Waals surface area contributed by atoms with Crippen LogP contribution in [0.15, 0.2) is 15.7 Å². The zero-order valence-corrected chi connectivity index (χ0v) is 12.2. The van der Waals surface area contributed by atoms with Crippen molar-refractivity contribution in [3.63, 3.8) is 0 Å². The quantitative estimate of drug-likeness (QED) is 0.703. The maximum absolute atomic E-state index is 11.6. The summed E-state index contributed by atoms with van der Waals surface area (Å²) in [6.45, 7) is 1.56. The highest BCUT2D eigenvalue weighted by Crippen LogP contribution is 2.28. The van der Waals surface area contributed by atoms with Crippen molar-refractivity contribution in [2.45, 2.75) is 25.8 Å². The Morgan fingerprint density at radius 3 is 2.73 bits per heavy atom. The molecule has 7 nitrogen and oxygen atoms in total. The standard InChI is InChI=1S/C15H17N3O4/c1-18-5-4-9-10(7-18)8(2-3-12(19)20)6-11-13(9)17-15(22)14(21)16-11/h6H,2-5,7H2,1H3,(H,16,21)(H,17,22)(H,19,20). The molecule has 0 amide bonds. The molecule has 1 aliphatic heterocycles. The number of carboxylic acids is 1. The molecule has 0 fully saturated rings. The van der Waals surface area contributed by atoms with Gasteiger partial charge < -0.3 is 20.0 Å². The van der Waals surface area contributed by atoms with Crippen molar-refractivity contribution in [2.24, 2.45) is 0 Å². The first-order valence-corrected chi connectivity index (χ1v) is 7.16. The van der Waals surface area contributed by atoms with E-state index in [4.69, 9.17) is 5.11 Å². The Labute approximate surface area is 125 Å². The zero-order valence-electron chi connectivity index (χ0n) is 12.2. The number of likely N-dealkylation sites (N-methyl/N-ethyl adjacent to an activating group) is 1. The lowest BCUT2D eigenvalue weighted by molar-refractivity contribution is -0.136. The van der Waals surface area contributed by atoms with Gasteiger partial charge in [0, 0.05) is 19.5 Å². The van der Waals surface area contributed by atoms with Gasteiger partial charge in [-0.25, -0.2) is 0 Å². The van der Waals surface area contributed by atoms with Gasteiger partial charge in [0.2, 0.25) is 0 Å². The van der Waals surface area contributed by atoms with Crippen LogP contribution >= 0.6 is 0 Å². The second kappa shape index (κ2) is 5.42. The summed E-state index contributed by atoms with van der Waals surface area (Å²) >= 11 is 0. The molecule has 0 bridgehead atoms. The van der Waals surface area contributed by atoms with Crippen LogP contribution in [0, 0.1) is 0 Å². The Hall–Kier alpha value is -2.41. The number of nitrogens with one attached hydrogen (secondary N) is 2. The van der Waals surface area contributed by atoms with E-state index < -0.39 is 17.1 Å². The summed E-state index contributed by atoms with van der Waals surface area (Å²) in [4.78, 5) is 41.4. The van der Waals surface area contributed by atoms with Gasteiger partial charge in [0.1, 0.15) is 0 Å². The van der Waals surface area contributed by atoms with Crippen LogP contribution < -0.4 is 11.1 Å². The molecule has 3 rings (SSSR count). The van der Waals surface area contributed by atoms with E-state index in [0.717, 1.165) is 29.7 Å². The molecule has 22 heavy (non-hydrogen) atoms. The Kier molecular flexibility index (Phi) is 3.58. The first-order chi connectivity index (χ1) is 10.5. The summed E-state index contributed by atoms with van der Waals surface area (Å²) in [5.74, 6) is -0.854. The molecule has 0 spiro atoms. The van der Waals surface area contributed by atoms with Gasteiger partial charge in [-0.3, -0.25) is 14.4 Å². The molecule has 0 unspecified atom stereocenters. The zero-order chi connectivity index (χ0) is 15.9. The largest absolute Gasteiger partial charge is 0.481 e. The maximum atomic E-state index is 11.6. The third-order valence-corrected chi connectivity index (χ3v) is 4.11. The highest BCUT2D eigenvalue weighted by molar-refractivity contribution is 5.81. The van der Waals surface area contributed by atoms with Crippen LogP contribution in [-0.4, -0.2) is 39.5 Å². The molecule has 116 valence electrons. The molecule has 1 aromatic carbocycles. The summed E-state index contributed by atoms with van der Waals surface area (Å²) in [6.07, 6.45) is 1.20. The number of aromatic amines is 2. The predicted molar refractivity (Wildman–Crippen MR) is 81.2 cm³/mol. The van der Waals surface area contributed by atoms with Crippen LogP contribution in [0.3, 0.4) is 0 Å². The van der Waals surface area contributed by atoms with Gasteiger partial charge in [-0.2, -0.15) is 0 Å². The number of H-pyrrole nitrogens is 2. The summed E-state index contributed by atoms with van der Waals surface area (Å²) < 4.78 is 0. The second-order valence-corrected chi connectivity index (χ2v) is 5.71. The Morgan fingerprint density at radius 1 is 1.27 bits per heavy atom. The minimum absolute atomic E-state index is 0.0370. The van der Waals surface area contributed by atoms with Crippen molar-refractivity contribution in [3.8, 4) is 0 Å². The number of hydrogen-bond donors (Lipinski definition) is 3. The fourth-order valence-corrected chi connectivity index (χ4v) is 3.02. The predicted octanol–water partition coefficient (Wildman–Crippen LogP) is 0.221. The molecular formula is C15H17N3O4. The summed E-state index contributed by atoms with van der Waals surface area (Å²) in [7, 11) is 2.00. The van der Waals surface area contributed by atoms with Gasteiger partial charge in [-0.15, -0.1) is 0 Å². The molecule has 1 aliphatic rings. The summed E-state index contributed by atoms with van der Waals surface area (Å²) in [6, 6.07) is 1.79. The van der Waals surface area contributed by atoms with E-state index in [0.29, 0.717) is 24.0 Å². The van der Waals surface area contributed by atoms with Crippen LogP contribution in [0.2, 0.25) is 0 Å². The van der Waals surface area contributed by atoms with Crippen LogP contribution in [0.4, 0.5) is 0 Å². The SMILES string of the molecule is CN1CCc2c(c(CCC(=O)O)cc3[nH]c(=O)c(=O)[nH]c23)C1. The van der Waals surface area contributed by atoms with E-state index in [2.05, 4.69) is 14.9 Å². The molecule has 3 N–H and O–H groups in total. The average molecular weight is 303 g/mol. The molecular weight excluding hydrogens is 286 g/mol.